The van der Waals surface area contributed by atoms with Crippen LogP contribution in [0.25, 0.3) is 0 Å². The smallest absolute Gasteiger partial charge is 0.405 e. The highest BCUT2D eigenvalue weighted by molar-refractivity contribution is 5.98. The number of Topliss-reactive ketones (excluding diaryl/α,β-unsaturated/α-hetero) is 1. The molecule has 264 valence electrons. The first kappa shape index (κ1) is 36.5. The van der Waals surface area contributed by atoms with Crippen molar-refractivity contribution in [1.82, 2.24) is 20.9 Å². The SMILES string of the molecule is O=C(O)N[C@@H](CCCCNC(=O)[C@@H]1Cc2ccccc2CN1C(=O)CCC(=O)c1ccccc1)C(=O)NCC(c1ccccc1)c1ccccc1. The number of nitrogens with zero attached hydrogens (tertiary/aromatic N) is 1. The van der Waals surface area contributed by atoms with Crippen LogP contribution in [-0.2, 0) is 27.3 Å². The molecule has 10 nitrogen and oxygen atoms in total. The summed E-state index contributed by atoms with van der Waals surface area (Å²) in [4.78, 5) is 66.0. The zero-order chi connectivity index (χ0) is 36.0. The van der Waals surface area contributed by atoms with E-state index < -0.39 is 24.1 Å². The summed E-state index contributed by atoms with van der Waals surface area (Å²) in [5.41, 5.74) is 4.58. The van der Waals surface area contributed by atoms with E-state index >= 15 is 0 Å². The number of benzene rings is 4. The van der Waals surface area contributed by atoms with Crippen LogP contribution in [0.4, 0.5) is 4.79 Å². The predicted octanol–water partition coefficient (Wildman–Crippen LogP) is 5.47. The van der Waals surface area contributed by atoms with Gasteiger partial charge in [0.05, 0.1) is 0 Å². The Hall–Kier alpha value is -5.77. The van der Waals surface area contributed by atoms with E-state index in [9.17, 15) is 29.1 Å². The van der Waals surface area contributed by atoms with Crippen molar-refractivity contribution in [3.05, 3.63) is 143 Å². The van der Waals surface area contributed by atoms with Crippen LogP contribution in [0.2, 0.25) is 0 Å². The van der Waals surface area contributed by atoms with E-state index in [4.69, 9.17) is 0 Å². The van der Waals surface area contributed by atoms with Gasteiger partial charge in [-0.2, -0.15) is 0 Å². The number of fused-ring (bicyclic) bond motifs is 1. The highest BCUT2D eigenvalue weighted by atomic mass is 16.4. The minimum Gasteiger partial charge on any atom is -0.465 e. The molecule has 0 aliphatic carbocycles. The molecule has 4 N–H and O–H groups in total. The van der Waals surface area contributed by atoms with E-state index in [1.54, 1.807) is 29.2 Å². The number of carbonyl (C=O) groups is 5. The van der Waals surface area contributed by atoms with Crippen LogP contribution < -0.4 is 16.0 Å². The van der Waals surface area contributed by atoms with Crippen molar-refractivity contribution >= 4 is 29.6 Å². The normalized spacial score (nSPS) is 14.2. The zero-order valence-corrected chi connectivity index (χ0v) is 28.5. The molecule has 51 heavy (non-hydrogen) atoms. The number of hydrogen-bond donors (Lipinski definition) is 4. The van der Waals surface area contributed by atoms with Crippen molar-refractivity contribution in [2.24, 2.45) is 0 Å². The highest BCUT2D eigenvalue weighted by Crippen LogP contribution is 2.26. The van der Waals surface area contributed by atoms with E-state index in [1.165, 1.54) is 0 Å². The molecule has 4 aromatic rings. The molecule has 0 radical (unpaired) electrons. The van der Waals surface area contributed by atoms with Gasteiger partial charge < -0.3 is 26.0 Å². The molecule has 0 saturated carbocycles. The fourth-order valence-corrected chi connectivity index (χ4v) is 6.50. The van der Waals surface area contributed by atoms with Gasteiger partial charge in [-0.1, -0.05) is 115 Å². The molecule has 0 fully saturated rings. The summed E-state index contributed by atoms with van der Waals surface area (Å²) < 4.78 is 0. The number of rotatable bonds is 16. The quantitative estimate of drug-likeness (QED) is 0.0908. The van der Waals surface area contributed by atoms with Crippen molar-refractivity contribution in [1.29, 1.82) is 0 Å². The number of ketones is 1. The summed E-state index contributed by atoms with van der Waals surface area (Å²) in [6, 6.07) is 34.5. The summed E-state index contributed by atoms with van der Waals surface area (Å²) in [5, 5.41) is 17.7. The molecule has 0 bridgehead atoms. The number of unbranched alkanes of at least 4 members (excludes halogenated alkanes) is 1. The average molecular weight is 689 g/mol. The van der Waals surface area contributed by atoms with Crippen LogP contribution in [0.15, 0.2) is 115 Å². The van der Waals surface area contributed by atoms with Crippen molar-refractivity contribution in [3.63, 3.8) is 0 Å². The van der Waals surface area contributed by atoms with Crippen LogP contribution in [0, 0.1) is 0 Å². The minimum atomic E-state index is -1.29. The molecule has 0 aromatic heterocycles. The number of carboxylic acid groups (broad SMARTS) is 1. The summed E-state index contributed by atoms with van der Waals surface area (Å²) in [7, 11) is 0. The van der Waals surface area contributed by atoms with Gasteiger partial charge in [0.2, 0.25) is 17.7 Å². The Morgan fingerprint density at radius 1 is 0.706 bits per heavy atom. The third-order valence-electron chi connectivity index (χ3n) is 9.25. The largest absolute Gasteiger partial charge is 0.465 e. The van der Waals surface area contributed by atoms with Gasteiger partial charge in [0.15, 0.2) is 5.78 Å². The van der Waals surface area contributed by atoms with Gasteiger partial charge in [-0.15, -0.1) is 0 Å². The van der Waals surface area contributed by atoms with E-state index in [0.29, 0.717) is 31.4 Å². The van der Waals surface area contributed by atoms with Crippen LogP contribution in [0.3, 0.4) is 0 Å². The van der Waals surface area contributed by atoms with Gasteiger partial charge in [0, 0.05) is 50.4 Å². The number of nitrogens with one attached hydrogen (secondary N) is 3. The minimum absolute atomic E-state index is 0.00283. The topological polar surface area (TPSA) is 145 Å². The Morgan fingerprint density at radius 3 is 1.92 bits per heavy atom. The van der Waals surface area contributed by atoms with Crippen molar-refractivity contribution < 1.29 is 29.1 Å². The lowest BCUT2D eigenvalue weighted by Gasteiger charge is -2.36. The maximum absolute atomic E-state index is 13.5. The van der Waals surface area contributed by atoms with Crippen molar-refractivity contribution in [2.75, 3.05) is 13.1 Å². The lowest BCUT2D eigenvalue weighted by Crippen LogP contribution is -2.52. The molecule has 4 aromatic carbocycles. The van der Waals surface area contributed by atoms with E-state index in [2.05, 4.69) is 16.0 Å². The molecular weight excluding hydrogens is 644 g/mol. The van der Waals surface area contributed by atoms with Crippen LogP contribution >= 0.6 is 0 Å². The number of hydrogen-bond acceptors (Lipinski definition) is 5. The second-order valence-corrected chi connectivity index (χ2v) is 12.7. The Balaban J connectivity index is 1.13. The summed E-state index contributed by atoms with van der Waals surface area (Å²) >= 11 is 0. The van der Waals surface area contributed by atoms with Gasteiger partial charge in [0.1, 0.15) is 12.1 Å². The summed E-state index contributed by atoms with van der Waals surface area (Å²) in [5.74, 6) is -1.21. The monoisotopic (exact) mass is 688 g/mol. The Kier molecular flexibility index (Phi) is 13.1. The average Bonchev–Trinajstić information content (AvgIpc) is 3.16. The molecule has 0 saturated heterocycles. The maximum Gasteiger partial charge on any atom is 0.405 e. The third-order valence-corrected chi connectivity index (χ3v) is 9.25. The molecule has 2 atom stereocenters. The van der Waals surface area contributed by atoms with E-state index in [0.717, 1.165) is 22.3 Å². The second kappa shape index (κ2) is 18.3. The first-order chi connectivity index (χ1) is 24.8. The lowest BCUT2D eigenvalue weighted by atomic mass is 9.91. The molecule has 1 heterocycles. The standard InChI is InChI=1S/C41H44N4O6/c46-37(31-18-8-3-9-19-31)23-24-38(47)45-28-33-21-11-10-20-32(33)26-36(45)40(49)42-25-13-12-22-35(44-41(50)51)39(48)43-27-34(29-14-4-1-5-15-29)30-16-6-2-7-17-30/h1-11,14-21,34-36,44H,12-13,22-28H2,(H,42,49)(H,43,48)(H,50,51)/t35-,36-/m0/s1. The highest BCUT2D eigenvalue weighted by Gasteiger charge is 2.34. The van der Waals surface area contributed by atoms with Crippen molar-refractivity contribution in [2.45, 2.75) is 63.1 Å². The van der Waals surface area contributed by atoms with Gasteiger partial charge in [-0.25, -0.2) is 4.79 Å². The van der Waals surface area contributed by atoms with Gasteiger partial charge >= 0.3 is 6.09 Å². The second-order valence-electron chi connectivity index (χ2n) is 12.7. The zero-order valence-electron chi connectivity index (χ0n) is 28.5. The maximum atomic E-state index is 13.5. The lowest BCUT2D eigenvalue weighted by molar-refractivity contribution is -0.141. The van der Waals surface area contributed by atoms with Crippen LogP contribution in [0.1, 0.15) is 70.6 Å². The molecule has 1 aliphatic rings. The van der Waals surface area contributed by atoms with Gasteiger partial charge in [-0.3, -0.25) is 19.2 Å². The molecule has 0 spiro atoms. The van der Waals surface area contributed by atoms with Crippen molar-refractivity contribution in [3.8, 4) is 0 Å². The number of carbonyl (C=O) groups excluding carboxylic acids is 4. The van der Waals surface area contributed by atoms with E-state index in [-0.39, 0.29) is 55.9 Å². The molecular formula is C41H44N4O6. The molecule has 0 unspecified atom stereocenters. The summed E-state index contributed by atoms with van der Waals surface area (Å²) in [6.45, 7) is 0.859. The van der Waals surface area contributed by atoms with Gasteiger partial charge in [0.25, 0.3) is 0 Å². The third kappa shape index (κ3) is 10.4. The number of amides is 4. The van der Waals surface area contributed by atoms with E-state index in [1.807, 2.05) is 91.0 Å². The fraction of sp³-hybridized carbons (Fsp3) is 0.293. The van der Waals surface area contributed by atoms with Gasteiger partial charge in [-0.05, 0) is 41.5 Å². The molecule has 5 rings (SSSR count). The first-order valence-electron chi connectivity index (χ1n) is 17.4. The molecule has 10 heteroatoms. The Bertz CT molecular complexity index is 1740. The molecule has 1 aliphatic heterocycles. The Morgan fingerprint density at radius 2 is 1.29 bits per heavy atom. The summed E-state index contributed by atoms with van der Waals surface area (Å²) in [6.07, 6.45) is 0.321. The fourth-order valence-electron chi connectivity index (χ4n) is 6.50. The van der Waals surface area contributed by atoms with Crippen LogP contribution in [-0.4, -0.2) is 64.8 Å². The van der Waals surface area contributed by atoms with Crippen LogP contribution in [0.5, 0.6) is 0 Å². The predicted molar refractivity (Wildman–Crippen MR) is 194 cm³/mol. The first-order valence-corrected chi connectivity index (χ1v) is 17.4. The Labute approximate surface area is 298 Å². The molecule has 4 amide bonds.